The lowest BCUT2D eigenvalue weighted by Crippen LogP contribution is -2.28. The van der Waals surface area contributed by atoms with Crippen LogP contribution < -0.4 is 14.3 Å². The summed E-state index contributed by atoms with van der Waals surface area (Å²) < 4.78 is 26.4. The topological polar surface area (TPSA) is 73.1 Å². The van der Waals surface area contributed by atoms with E-state index in [1.54, 1.807) is 44.4 Å². The van der Waals surface area contributed by atoms with E-state index >= 15 is 0 Å². The van der Waals surface area contributed by atoms with Gasteiger partial charge in [-0.1, -0.05) is 30.3 Å². The van der Waals surface area contributed by atoms with Crippen LogP contribution in [0, 0.1) is 5.82 Å². The second kappa shape index (κ2) is 12.3. The molecule has 0 spiro atoms. The quantitative estimate of drug-likeness (QED) is 0.310. The number of halogens is 1. The van der Waals surface area contributed by atoms with Gasteiger partial charge in [-0.25, -0.2) is 4.39 Å². The summed E-state index contributed by atoms with van der Waals surface area (Å²) >= 11 is 1.29. The normalized spacial score (nSPS) is 11.3. The van der Waals surface area contributed by atoms with Crippen LogP contribution in [-0.2, 0) is 13.0 Å². The summed E-state index contributed by atoms with van der Waals surface area (Å²) in [6, 6.07) is 18.9. The molecule has 0 aliphatic carbocycles. The number of hydrogen-bond donors (Lipinski definition) is 0. The van der Waals surface area contributed by atoms with Gasteiger partial charge in [0.05, 0.1) is 19.8 Å². The van der Waals surface area contributed by atoms with E-state index in [1.807, 2.05) is 46.5 Å². The largest absolute Gasteiger partial charge is 0.493 e. The van der Waals surface area contributed by atoms with Crippen LogP contribution in [0.3, 0.4) is 0 Å². The number of rotatable bonds is 9. The molecule has 1 aromatic heterocycles. The Hall–Kier alpha value is -4.24. The van der Waals surface area contributed by atoms with Crippen molar-refractivity contribution in [3.05, 3.63) is 111 Å². The first-order valence-electron chi connectivity index (χ1n) is 11.9. The summed E-state index contributed by atoms with van der Waals surface area (Å²) in [5.74, 6) is 0.0190. The van der Waals surface area contributed by atoms with Crippen molar-refractivity contribution < 1.29 is 23.5 Å². The number of nitrogens with zero attached hydrogens (tertiary/aromatic N) is 3. The summed E-state index contributed by atoms with van der Waals surface area (Å²) in [7, 11) is 4.97. The van der Waals surface area contributed by atoms with Crippen LogP contribution in [0.5, 0.6) is 11.5 Å². The van der Waals surface area contributed by atoms with Gasteiger partial charge in [0.15, 0.2) is 16.3 Å². The highest BCUT2D eigenvalue weighted by Crippen LogP contribution is 2.27. The third-order valence-electron chi connectivity index (χ3n) is 6.05. The highest BCUT2D eigenvalue weighted by molar-refractivity contribution is 7.07. The van der Waals surface area contributed by atoms with Gasteiger partial charge in [-0.3, -0.25) is 9.59 Å². The maximum Gasteiger partial charge on any atom is 0.282 e. The number of methoxy groups -OCH3 is 2. The van der Waals surface area contributed by atoms with E-state index in [1.165, 1.54) is 29.5 Å². The first kappa shape index (κ1) is 26.8. The Morgan fingerprint density at radius 1 is 0.974 bits per heavy atom. The van der Waals surface area contributed by atoms with Crippen LogP contribution in [0.15, 0.2) is 83.3 Å². The predicted octanol–water partition coefficient (Wildman–Crippen LogP) is 4.81. The van der Waals surface area contributed by atoms with Crippen molar-refractivity contribution in [3.63, 3.8) is 0 Å². The standard InChI is InChI=1S/C29H28FN3O4S/c1-32(15-14-20-10-13-25(36-2)26(18-20)37-3)28(35)22-11-8-21(9-12-22)19-33-16-17-38-29(33)31-27(34)23-6-4-5-7-24(23)30/h4-13,16-18H,14-15,19H2,1-3H3. The Kier molecular flexibility index (Phi) is 8.70. The average Bonchev–Trinajstić information content (AvgIpc) is 3.37. The number of aromatic nitrogens is 1. The van der Waals surface area contributed by atoms with E-state index < -0.39 is 11.7 Å². The van der Waals surface area contributed by atoms with E-state index in [9.17, 15) is 14.0 Å². The van der Waals surface area contributed by atoms with Crippen LogP contribution in [0.4, 0.5) is 4.39 Å². The average molecular weight is 534 g/mol. The van der Waals surface area contributed by atoms with Crippen LogP contribution in [-0.4, -0.2) is 49.1 Å². The fourth-order valence-corrected chi connectivity index (χ4v) is 4.62. The van der Waals surface area contributed by atoms with Crippen LogP contribution in [0.1, 0.15) is 31.8 Å². The molecule has 4 rings (SSSR count). The van der Waals surface area contributed by atoms with Gasteiger partial charge in [0.2, 0.25) is 0 Å². The molecule has 0 bridgehead atoms. The van der Waals surface area contributed by atoms with E-state index in [2.05, 4.69) is 4.99 Å². The third kappa shape index (κ3) is 6.36. The molecule has 0 saturated carbocycles. The molecule has 0 atom stereocenters. The van der Waals surface area contributed by atoms with Gasteiger partial charge < -0.3 is 18.9 Å². The van der Waals surface area contributed by atoms with E-state index in [-0.39, 0.29) is 11.5 Å². The molecule has 0 N–H and O–H groups in total. The Balaban J connectivity index is 1.39. The summed E-state index contributed by atoms with van der Waals surface area (Å²) in [6.45, 7) is 0.998. The van der Waals surface area contributed by atoms with Crippen molar-refractivity contribution in [1.82, 2.24) is 9.47 Å². The second-order valence-corrected chi connectivity index (χ2v) is 9.45. The number of carbonyl (C=O) groups excluding carboxylic acids is 2. The molecular formula is C29H28FN3O4S. The fourth-order valence-electron chi connectivity index (χ4n) is 3.89. The molecule has 0 radical (unpaired) electrons. The Morgan fingerprint density at radius 2 is 1.68 bits per heavy atom. The minimum Gasteiger partial charge on any atom is -0.493 e. The highest BCUT2D eigenvalue weighted by atomic mass is 32.1. The van der Waals surface area contributed by atoms with Gasteiger partial charge in [0, 0.05) is 37.3 Å². The number of likely N-dealkylation sites (N-methyl/N-ethyl adjacent to an activating group) is 1. The number of benzene rings is 3. The molecule has 0 unspecified atom stereocenters. The number of amides is 2. The molecule has 38 heavy (non-hydrogen) atoms. The zero-order valence-corrected chi connectivity index (χ0v) is 22.2. The smallest absolute Gasteiger partial charge is 0.282 e. The number of hydrogen-bond acceptors (Lipinski definition) is 5. The van der Waals surface area contributed by atoms with E-state index in [0.717, 1.165) is 11.1 Å². The van der Waals surface area contributed by atoms with Gasteiger partial charge >= 0.3 is 0 Å². The molecule has 0 aliphatic rings. The zero-order valence-electron chi connectivity index (χ0n) is 21.4. The number of carbonyl (C=O) groups is 2. The molecule has 4 aromatic rings. The van der Waals surface area contributed by atoms with Crippen LogP contribution in [0.25, 0.3) is 0 Å². The fraction of sp³-hybridized carbons (Fsp3) is 0.207. The van der Waals surface area contributed by atoms with E-state index in [4.69, 9.17) is 9.47 Å². The summed E-state index contributed by atoms with van der Waals surface area (Å²) in [5, 5.41) is 1.82. The molecule has 7 nitrogen and oxygen atoms in total. The molecule has 9 heteroatoms. The maximum absolute atomic E-state index is 13.9. The van der Waals surface area contributed by atoms with Crippen LogP contribution >= 0.6 is 11.3 Å². The molecule has 1 heterocycles. The van der Waals surface area contributed by atoms with Gasteiger partial charge in [-0.2, -0.15) is 4.99 Å². The third-order valence-corrected chi connectivity index (χ3v) is 6.84. The first-order chi connectivity index (χ1) is 18.4. The van der Waals surface area contributed by atoms with Gasteiger partial charge in [-0.15, -0.1) is 11.3 Å². The minimum absolute atomic E-state index is 0.0643. The van der Waals surface area contributed by atoms with Gasteiger partial charge in [0.25, 0.3) is 11.8 Å². The Labute approximate surface area is 224 Å². The lowest BCUT2D eigenvalue weighted by Gasteiger charge is -2.18. The van der Waals surface area contributed by atoms with Crippen molar-refractivity contribution in [2.75, 3.05) is 27.8 Å². The monoisotopic (exact) mass is 533 g/mol. The van der Waals surface area contributed by atoms with Crippen molar-refractivity contribution in [1.29, 1.82) is 0 Å². The molecule has 0 aliphatic heterocycles. The van der Waals surface area contributed by atoms with Crippen LogP contribution in [0.2, 0.25) is 0 Å². The number of ether oxygens (including phenoxy) is 2. The van der Waals surface area contributed by atoms with Crippen molar-refractivity contribution >= 4 is 23.2 Å². The minimum atomic E-state index is -0.628. The number of thiazole rings is 1. The Morgan fingerprint density at radius 3 is 2.39 bits per heavy atom. The first-order valence-corrected chi connectivity index (χ1v) is 12.8. The highest BCUT2D eigenvalue weighted by Gasteiger charge is 2.13. The molecule has 2 amide bonds. The molecular weight excluding hydrogens is 505 g/mol. The summed E-state index contributed by atoms with van der Waals surface area (Å²) in [5.41, 5.74) is 2.50. The molecule has 3 aromatic carbocycles. The lowest BCUT2D eigenvalue weighted by atomic mass is 10.1. The lowest BCUT2D eigenvalue weighted by molar-refractivity contribution is 0.0796. The zero-order chi connectivity index (χ0) is 27.1. The van der Waals surface area contributed by atoms with Crippen molar-refractivity contribution in [2.24, 2.45) is 4.99 Å². The second-order valence-electron chi connectivity index (χ2n) is 8.57. The van der Waals surface area contributed by atoms with Gasteiger partial charge in [-0.05, 0) is 53.9 Å². The van der Waals surface area contributed by atoms with Gasteiger partial charge in [0.1, 0.15) is 5.82 Å². The molecule has 196 valence electrons. The SMILES string of the molecule is COc1ccc(CCN(C)C(=O)c2ccc(Cn3ccsc3=NC(=O)c3ccccc3F)cc2)cc1OC. The van der Waals surface area contributed by atoms with Crippen molar-refractivity contribution in [3.8, 4) is 11.5 Å². The summed E-state index contributed by atoms with van der Waals surface area (Å²) in [4.78, 5) is 31.7. The molecule has 0 saturated heterocycles. The Bertz CT molecular complexity index is 1490. The molecule has 0 fully saturated rings. The summed E-state index contributed by atoms with van der Waals surface area (Å²) in [6.07, 6.45) is 2.49. The van der Waals surface area contributed by atoms with E-state index in [0.29, 0.717) is 41.4 Å². The van der Waals surface area contributed by atoms with Crippen molar-refractivity contribution in [2.45, 2.75) is 13.0 Å². The predicted molar refractivity (Wildman–Crippen MR) is 144 cm³/mol. The maximum atomic E-state index is 13.9.